The standard InChI is InChI=1S/C12H16O2/c1-7(2)11-8(3)5-10-12(9(11)4)14-6-13-10/h5,7H,6H2,1-4H3. The number of ether oxygens (including phenoxy) is 2. The van der Waals surface area contributed by atoms with Crippen molar-refractivity contribution in [1.29, 1.82) is 0 Å². The first-order valence-electron chi connectivity index (χ1n) is 5.01. The van der Waals surface area contributed by atoms with E-state index in [0.717, 1.165) is 11.5 Å². The highest BCUT2D eigenvalue weighted by atomic mass is 16.7. The predicted octanol–water partition coefficient (Wildman–Crippen LogP) is 3.16. The van der Waals surface area contributed by atoms with E-state index in [0.29, 0.717) is 12.7 Å². The molecule has 2 heteroatoms. The Morgan fingerprint density at radius 2 is 1.93 bits per heavy atom. The lowest BCUT2D eigenvalue weighted by atomic mass is 9.92. The van der Waals surface area contributed by atoms with E-state index in [4.69, 9.17) is 9.47 Å². The van der Waals surface area contributed by atoms with E-state index >= 15 is 0 Å². The van der Waals surface area contributed by atoms with Crippen LogP contribution >= 0.6 is 0 Å². The highest BCUT2D eigenvalue weighted by Gasteiger charge is 2.21. The number of fused-ring (bicyclic) bond motifs is 1. The minimum Gasteiger partial charge on any atom is -0.454 e. The number of benzene rings is 1. The van der Waals surface area contributed by atoms with Gasteiger partial charge in [-0.15, -0.1) is 0 Å². The maximum atomic E-state index is 5.45. The van der Waals surface area contributed by atoms with E-state index < -0.39 is 0 Å². The van der Waals surface area contributed by atoms with Crippen molar-refractivity contribution in [3.05, 3.63) is 22.8 Å². The SMILES string of the molecule is Cc1cc2c(c(C)c1C(C)C)OCO2. The molecule has 0 radical (unpaired) electrons. The summed E-state index contributed by atoms with van der Waals surface area (Å²) in [5.74, 6) is 2.35. The Labute approximate surface area is 84.8 Å². The van der Waals surface area contributed by atoms with Crippen LogP contribution < -0.4 is 9.47 Å². The second kappa shape index (κ2) is 3.19. The topological polar surface area (TPSA) is 18.5 Å². The minimum atomic E-state index is 0.358. The molecule has 0 spiro atoms. The summed E-state index contributed by atoms with van der Waals surface area (Å²) in [6.45, 7) is 9.01. The van der Waals surface area contributed by atoms with Gasteiger partial charge in [-0.05, 0) is 42.5 Å². The van der Waals surface area contributed by atoms with Crippen LogP contribution in [0.1, 0.15) is 36.5 Å². The fraction of sp³-hybridized carbons (Fsp3) is 0.500. The van der Waals surface area contributed by atoms with Crippen molar-refractivity contribution in [3.8, 4) is 11.5 Å². The molecule has 0 aliphatic carbocycles. The van der Waals surface area contributed by atoms with Gasteiger partial charge < -0.3 is 9.47 Å². The molecule has 1 heterocycles. The summed E-state index contributed by atoms with van der Waals surface area (Å²) in [5, 5.41) is 0. The van der Waals surface area contributed by atoms with Crippen LogP contribution in [0.3, 0.4) is 0 Å². The van der Waals surface area contributed by atoms with Crippen LogP contribution in [0.2, 0.25) is 0 Å². The molecular weight excluding hydrogens is 176 g/mol. The van der Waals surface area contributed by atoms with Crippen LogP contribution in [-0.4, -0.2) is 6.79 Å². The molecule has 0 aromatic heterocycles. The summed E-state index contributed by atoms with van der Waals surface area (Å²) in [6.07, 6.45) is 0. The van der Waals surface area contributed by atoms with Crippen LogP contribution in [0.4, 0.5) is 0 Å². The largest absolute Gasteiger partial charge is 0.454 e. The second-order valence-electron chi connectivity index (χ2n) is 4.12. The predicted molar refractivity (Wildman–Crippen MR) is 56.1 cm³/mol. The Bertz CT molecular complexity index is 367. The third-order valence-corrected chi connectivity index (χ3v) is 2.74. The monoisotopic (exact) mass is 192 g/mol. The Morgan fingerprint density at radius 3 is 2.57 bits per heavy atom. The maximum Gasteiger partial charge on any atom is 0.231 e. The van der Waals surface area contributed by atoms with Crippen molar-refractivity contribution in [2.24, 2.45) is 0 Å². The molecule has 1 aromatic rings. The van der Waals surface area contributed by atoms with Gasteiger partial charge in [0.25, 0.3) is 0 Å². The lowest BCUT2D eigenvalue weighted by molar-refractivity contribution is 0.173. The molecular formula is C12H16O2. The van der Waals surface area contributed by atoms with Crippen LogP contribution in [0.25, 0.3) is 0 Å². The van der Waals surface area contributed by atoms with Gasteiger partial charge in [0.05, 0.1) is 0 Å². The fourth-order valence-electron chi connectivity index (χ4n) is 2.27. The molecule has 2 rings (SSSR count). The van der Waals surface area contributed by atoms with Gasteiger partial charge in [-0.25, -0.2) is 0 Å². The normalized spacial score (nSPS) is 13.8. The van der Waals surface area contributed by atoms with Gasteiger partial charge in [-0.2, -0.15) is 0 Å². The van der Waals surface area contributed by atoms with Crippen molar-refractivity contribution < 1.29 is 9.47 Å². The Morgan fingerprint density at radius 1 is 1.21 bits per heavy atom. The molecule has 0 unspecified atom stereocenters. The van der Waals surface area contributed by atoms with E-state index in [1.54, 1.807) is 0 Å². The average Bonchev–Trinajstić information content (AvgIpc) is 2.50. The summed E-state index contributed by atoms with van der Waals surface area (Å²) in [4.78, 5) is 0. The van der Waals surface area contributed by atoms with Crippen molar-refractivity contribution in [2.45, 2.75) is 33.6 Å². The molecule has 0 N–H and O–H groups in total. The molecule has 76 valence electrons. The van der Waals surface area contributed by atoms with Gasteiger partial charge in [-0.1, -0.05) is 13.8 Å². The first kappa shape index (κ1) is 9.38. The summed E-state index contributed by atoms with van der Waals surface area (Å²) < 4.78 is 10.8. The molecule has 0 fully saturated rings. The minimum absolute atomic E-state index is 0.358. The molecule has 1 aliphatic heterocycles. The van der Waals surface area contributed by atoms with Crippen LogP contribution in [-0.2, 0) is 0 Å². The number of rotatable bonds is 1. The van der Waals surface area contributed by atoms with Crippen LogP contribution in [0.15, 0.2) is 6.07 Å². The molecule has 14 heavy (non-hydrogen) atoms. The highest BCUT2D eigenvalue weighted by molar-refractivity contribution is 5.55. The molecule has 0 bridgehead atoms. The molecule has 0 atom stereocenters. The lowest BCUT2D eigenvalue weighted by Gasteiger charge is -2.15. The van der Waals surface area contributed by atoms with E-state index in [-0.39, 0.29) is 0 Å². The van der Waals surface area contributed by atoms with Crippen LogP contribution in [0, 0.1) is 13.8 Å². The van der Waals surface area contributed by atoms with Crippen molar-refractivity contribution in [3.63, 3.8) is 0 Å². The van der Waals surface area contributed by atoms with E-state index in [2.05, 4.69) is 33.8 Å². The smallest absolute Gasteiger partial charge is 0.231 e. The van der Waals surface area contributed by atoms with E-state index in [1.165, 1.54) is 16.7 Å². The van der Waals surface area contributed by atoms with E-state index in [1.807, 2.05) is 0 Å². The van der Waals surface area contributed by atoms with Crippen LogP contribution in [0.5, 0.6) is 11.5 Å². The number of aryl methyl sites for hydroxylation is 1. The first-order chi connectivity index (χ1) is 6.61. The van der Waals surface area contributed by atoms with Crippen molar-refractivity contribution in [2.75, 3.05) is 6.79 Å². The van der Waals surface area contributed by atoms with Gasteiger partial charge in [0.1, 0.15) is 0 Å². The first-order valence-corrected chi connectivity index (χ1v) is 5.01. The van der Waals surface area contributed by atoms with Gasteiger partial charge in [-0.3, -0.25) is 0 Å². The Kier molecular flexibility index (Phi) is 2.14. The maximum absolute atomic E-state index is 5.45. The third kappa shape index (κ3) is 1.26. The number of hydrogen-bond acceptors (Lipinski definition) is 2. The molecule has 1 aromatic carbocycles. The molecule has 0 amide bonds. The zero-order valence-electron chi connectivity index (χ0n) is 9.18. The fourth-order valence-corrected chi connectivity index (χ4v) is 2.27. The van der Waals surface area contributed by atoms with Crippen molar-refractivity contribution >= 4 is 0 Å². The lowest BCUT2D eigenvalue weighted by Crippen LogP contribution is -1.97. The highest BCUT2D eigenvalue weighted by Crippen LogP contribution is 2.40. The van der Waals surface area contributed by atoms with Gasteiger partial charge in [0.15, 0.2) is 11.5 Å². The summed E-state index contributed by atoms with van der Waals surface area (Å²) >= 11 is 0. The summed E-state index contributed by atoms with van der Waals surface area (Å²) in [7, 11) is 0. The molecule has 1 aliphatic rings. The summed E-state index contributed by atoms with van der Waals surface area (Å²) in [6, 6.07) is 2.07. The second-order valence-corrected chi connectivity index (χ2v) is 4.12. The van der Waals surface area contributed by atoms with Gasteiger partial charge in [0, 0.05) is 0 Å². The van der Waals surface area contributed by atoms with E-state index in [9.17, 15) is 0 Å². The Balaban J connectivity index is 2.62. The molecule has 0 saturated heterocycles. The third-order valence-electron chi connectivity index (χ3n) is 2.74. The zero-order chi connectivity index (χ0) is 10.3. The van der Waals surface area contributed by atoms with Crippen molar-refractivity contribution in [1.82, 2.24) is 0 Å². The quantitative estimate of drug-likeness (QED) is 0.680. The molecule has 2 nitrogen and oxygen atoms in total. The summed E-state index contributed by atoms with van der Waals surface area (Å²) in [5.41, 5.74) is 3.91. The zero-order valence-corrected chi connectivity index (χ0v) is 9.18. The van der Waals surface area contributed by atoms with Gasteiger partial charge in [0.2, 0.25) is 6.79 Å². The molecule has 0 saturated carbocycles. The number of hydrogen-bond donors (Lipinski definition) is 0. The average molecular weight is 192 g/mol. The van der Waals surface area contributed by atoms with Gasteiger partial charge >= 0.3 is 0 Å². The Hall–Kier alpha value is -1.18.